The third kappa shape index (κ3) is 2.93. The van der Waals surface area contributed by atoms with Crippen LogP contribution in [-0.4, -0.2) is 24.3 Å². The highest BCUT2D eigenvalue weighted by atomic mass is 16.1. The molecule has 0 bridgehead atoms. The van der Waals surface area contributed by atoms with Gasteiger partial charge in [0.1, 0.15) is 11.2 Å². The second-order valence-corrected chi connectivity index (χ2v) is 6.85. The molecule has 0 aliphatic heterocycles. The van der Waals surface area contributed by atoms with Crippen molar-refractivity contribution in [1.82, 2.24) is 24.3 Å². The summed E-state index contributed by atoms with van der Waals surface area (Å²) >= 11 is 0. The Hall–Kier alpha value is -3.28. The number of fused-ring (bicyclic) bond motifs is 1. The molecular weight excluding hydrogens is 338 g/mol. The van der Waals surface area contributed by atoms with E-state index in [1.807, 2.05) is 31.2 Å². The standard InChI is InChI=1S/C21H21N5O/c1-13-10-17(24-25(4)21(13)27)20-23-18-12-22-14(2)11-19(18)26(20)15(3)16-8-6-5-7-9-16/h5-12,15H,1-4H3. The molecule has 0 spiro atoms. The molecule has 1 aromatic carbocycles. The largest absolute Gasteiger partial charge is 0.315 e. The van der Waals surface area contributed by atoms with Gasteiger partial charge in [-0.05, 0) is 38.5 Å². The van der Waals surface area contributed by atoms with Crippen molar-refractivity contribution in [2.24, 2.45) is 7.05 Å². The van der Waals surface area contributed by atoms with Gasteiger partial charge in [-0.3, -0.25) is 9.78 Å². The maximum atomic E-state index is 12.1. The van der Waals surface area contributed by atoms with Gasteiger partial charge in [-0.25, -0.2) is 9.67 Å². The van der Waals surface area contributed by atoms with Crippen LogP contribution in [0.25, 0.3) is 22.6 Å². The first-order valence-electron chi connectivity index (χ1n) is 8.90. The van der Waals surface area contributed by atoms with E-state index < -0.39 is 0 Å². The number of hydrogen-bond acceptors (Lipinski definition) is 4. The Kier molecular flexibility index (Phi) is 4.11. The van der Waals surface area contributed by atoms with Crippen LogP contribution in [0.1, 0.15) is 29.8 Å². The molecule has 0 saturated carbocycles. The summed E-state index contributed by atoms with van der Waals surface area (Å²) in [5.74, 6) is 0.729. The predicted octanol–water partition coefficient (Wildman–Crippen LogP) is 3.42. The molecule has 0 aliphatic carbocycles. The lowest BCUT2D eigenvalue weighted by Gasteiger charge is -2.18. The normalized spacial score (nSPS) is 12.4. The Morgan fingerprint density at radius 2 is 1.81 bits per heavy atom. The zero-order valence-electron chi connectivity index (χ0n) is 15.8. The molecule has 1 unspecified atom stereocenters. The number of benzene rings is 1. The average Bonchev–Trinajstić information content (AvgIpc) is 3.04. The van der Waals surface area contributed by atoms with E-state index in [1.165, 1.54) is 10.2 Å². The Morgan fingerprint density at radius 3 is 2.52 bits per heavy atom. The summed E-state index contributed by atoms with van der Waals surface area (Å²) in [6.45, 7) is 5.91. The molecule has 0 radical (unpaired) electrons. The van der Waals surface area contributed by atoms with Crippen LogP contribution in [0.15, 0.2) is 53.5 Å². The Labute approximate surface area is 157 Å². The number of pyridine rings is 1. The molecule has 6 nitrogen and oxygen atoms in total. The van der Waals surface area contributed by atoms with Crippen LogP contribution < -0.4 is 5.56 Å². The van der Waals surface area contributed by atoms with Gasteiger partial charge >= 0.3 is 0 Å². The lowest BCUT2D eigenvalue weighted by atomic mass is 10.1. The fourth-order valence-electron chi connectivity index (χ4n) is 3.42. The summed E-state index contributed by atoms with van der Waals surface area (Å²) in [6, 6.07) is 14.2. The first kappa shape index (κ1) is 17.1. The quantitative estimate of drug-likeness (QED) is 0.562. The fourth-order valence-corrected chi connectivity index (χ4v) is 3.42. The lowest BCUT2D eigenvalue weighted by molar-refractivity contribution is 0.652. The molecule has 3 heterocycles. The van der Waals surface area contributed by atoms with Crippen molar-refractivity contribution in [1.29, 1.82) is 0 Å². The van der Waals surface area contributed by atoms with Gasteiger partial charge < -0.3 is 4.57 Å². The molecule has 4 aromatic rings. The van der Waals surface area contributed by atoms with Gasteiger partial charge in [0.2, 0.25) is 0 Å². The summed E-state index contributed by atoms with van der Waals surface area (Å²) in [5, 5.41) is 4.46. The molecule has 0 fully saturated rings. The minimum atomic E-state index is -0.102. The van der Waals surface area contributed by atoms with Gasteiger partial charge in [0, 0.05) is 18.3 Å². The molecule has 1 atom stereocenters. The minimum absolute atomic E-state index is 0.0485. The summed E-state index contributed by atoms with van der Waals surface area (Å²) in [7, 11) is 1.66. The SMILES string of the molecule is Cc1cc2c(cn1)nc(-c1cc(C)c(=O)n(C)n1)n2C(C)c1ccccc1. The van der Waals surface area contributed by atoms with E-state index in [0.717, 1.165) is 22.6 Å². The van der Waals surface area contributed by atoms with E-state index in [2.05, 4.69) is 33.7 Å². The Balaban J connectivity index is 2.02. The molecular formula is C21H21N5O. The van der Waals surface area contributed by atoms with E-state index >= 15 is 0 Å². The number of aryl methyl sites for hydroxylation is 3. The van der Waals surface area contributed by atoms with Crippen molar-refractivity contribution in [2.45, 2.75) is 26.8 Å². The summed E-state index contributed by atoms with van der Waals surface area (Å²) in [5.41, 5.74) is 5.13. The van der Waals surface area contributed by atoms with Crippen molar-refractivity contribution < 1.29 is 0 Å². The molecule has 0 N–H and O–H groups in total. The molecule has 4 rings (SSSR count). The first-order chi connectivity index (χ1) is 13.0. The molecule has 0 saturated heterocycles. The van der Waals surface area contributed by atoms with Crippen LogP contribution in [0.5, 0.6) is 0 Å². The highest BCUT2D eigenvalue weighted by molar-refractivity contribution is 5.80. The van der Waals surface area contributed by atoms with Gasteiger partial charge in [0.15, 0.2) is 5.82 Å². The van der Waals surface area contributed by atoms with Crippen LogP contribution in [0, 0.1) is 13.8 Å². The van der Waals surface area contributed by atoms with Crippen molar-refractivity contribution in [2.75, 3.05) is 0 Å². The van der Waals surface area contributed by atoms with Gasteiger partial charge in [-0.2, -0.15) is 5.10 Å². The molecule has 27 heavy (non-hydrogen) atoms. The van der Waals surface area contributed by atoms with Gasteiger partial charge in [0.25, 0.3) is 5.56 Å². The van der Waals surface area contributed by atoms with Crippen LogP contribution in [0.4, 0.5) is 0 Å². The average molecular weight is 359 g/mol. The van der Waals surface area contributed by atoms with Crippen LogP contribution >= 0.6 is 0 Å². The fraction of sp³-hybridized carbons (Fsp3) is 0.238. The van der Waals surface area contributed by atoms with Crippen LogP contribution in [0.2, 0.25) is 0 Å². The van der Waals surface area contributed by atoms with Gasteiger partial charge in [-0.15, -0.1) is 0 Å². The highest BCUT2D eigenvalue weighted by Crippen LogP contribution is 2.30. The Bertz CT molecular complexity index is 1160. The van der Waals surface area contributed by atoms with Gasteiger partial charge in [0.05, 0.1) is 17.8 Å². The summed E-state index contributed by atoms with van der Waals surface area (Å²) < 4.78 is 3.54. The van der Waals surface area contributed by atoms with Crippen molar-refractivity contribution in [3.8, 4) is 11.5 Å². The zero-order valence-corrected chi connectivity index (χ0v) is 15.8. The molecule has 0 aliphatic rings. The minimum Gasteiger partial charge on any atom is -0.315 e. The Morgan fingerprint density at radius 1 is 1.07 bits per heavy atom. The van der Waals surface area contributed by atoms with E-state index in [4.69, 9.17) is 4.98 Å². The maximum absolute atomic E-state index is 12.1. The predicted molar refractivity (Wildman–Crippen MR) is 106 cm³/mol. The second kappa shape index (κ2) is 6.46. The first-order valence-corrected chi connectivity index (χ1v) is 8.90. The van der Waals surface area contributed by atoms with E-state index in [1.54, 1.807) is 26.2 Å². The number of nitrogens with zero attached hydrogens (tertiary/aromatic N) is 5. The van der Waals surface area contributed by atoms with E-state index in [9.17, 15) is 4.79 Å². The molecule has 136 valence electrons. The van der Waals surface area contributed by atoms with Crippen molar-refractivity contribution in [3.63, 3.8) is 0 Å². The van der Waals surface area contributed by atoms with E-state index in [-0.39, 0.29) is 11.6 Å². The van der Waals surface area contributed by atoms with E-state index in [0.29, 0.717) is 11.3 Å². The molecule has 0 amide bonds. The smallest absolute Gasteiger partial charge is 0.269 e. The topological polar surface area (TPSA) is 65.6 Å². The number of aromatic nitrogens is 5. The second-order valence-electron chi connectivity index (χ2n) is 6.85. The highest BCUT2D eigenvalue weighted by Gasteiger charge is 2.20. The number of rotatable bonds is 3. The maximum Gasteiger partial charge on any atom is 0.269 e. The monoisotopic (exact) mass is 359 g/mol. The number of hydrogen-bond donors (Lipinski definition) is 0. The van der Waals surface area contributed by atoms with Crippen molar-refractivity contribution in [3.05, 3.63) is 75.8 Å². The summed E-state index contributed by atoms with van der Waals surface area (Å²) in [4.78, 5) is 21.3. The third-order valence-corrected chi connectivity index (χ3v) is 4.85. The summed E-state index contributed by atoms with van der Waals surface area (Å²) in [6.07, 6.45) is 1.79. The number of imidazole rings is 1. The van der Waals surface area contributed by atoms with Gasteiger partial charge in [-0.1, -0.05) is 30.3 Å². The third-order valence-electron chi connectivity index (χ3n) is 4.85. The molecule has 3 aromatic heterocycles. The van der Waals surface area contributed by atoms with Crippen LogP contribution in [-0.2, 0) is 7.05 Å². The lowest BCUT2D eigenvalue weighted by Crippen LogP contribution is -2.22. The zero-order chi connectivity index (χ0) is 19.1. The van der Waals surface area contributed by atoms with Crippen molar-refractivity contribution >= 4 is 11.0 Å². The molecule has 6 heteroatoms. The van der Waals surface area contributed by atoms with Crippen LogP contribution in [0.3, 0.4) is 0 Å².